The molecular formula is C17H20BrNO2. The van der Waals surface area contributed by atoms with Gasteiger partial charge in [0.05, 0.1) is 13.7 Å². The molecule has 0 saturated heterocycles. The maximum Gasteiger partial charge on any atom is 0.119 e. The van der Waals surface area contributed by atoms with E-state index in [4.69, 9.17) is 15.2 Å². The number of rotatable bonds is 6. The van der Waals surface area contributed by atoms with Gasteiger partial charge < -0.3 is 15.2 Å². The standard InChI is InChI=1S/C17H20BrNO2/c1-3-21-15-6-4-5-12(9-15)17(19)11-13-10-14(20-2)7-8-16(13)18/h4-10,17H,3,11,19H2,1-2H3. The van der Waals surface area contributed by atoms with Crippen LogP contribution in [0.1, 0.15) is 24.1 Å². The quantitative estimate of drug-likeness (QED) is 0.853. The second-order valence-corrected chi connectivity index (χ2v) is 5.63. The molecule has 0 radical (unpaired) electrons. The predicted molar refractivity (Wildman–Crippen MR) is 88.9 cm³/mol. The first-order valence-electron chi connectivity index (χ1n) is 6.94. The zero-order valence-electron chi connectivity index (χ0n) is 12.3. The zero-order valence-corrected chi connectivity index (χ0v) is 13.9. The molecule has 2 rings (SSSR count). The molecule has 0 fully saturated rings. The Hall–Kier alpha value is -1.52. The highest BCUT2D eigenvalue weighted by Crippen LogP contribution is 2.27. The van der Waals surface area contributed by atoms with Crippen LogP contribution in [-0.4, -0.2) is 13.7 Å². The highest BCUT2D eigenvalue weighted by molar-refractivity contribution is 9.10. The van der Waals surface area contributed by atoms with Gasteiger partial charge in [0.1, 0.15) is 11.5 Å². The second kappa shape index (κ2) is 7.48. The normalized spacial score (nSPS) is 12.0. The van der Waals surface area contributed by atoms with Gasteiger partial charge in [-0.05, 0) is 54.8 Å². The van der Waals surface area contributed by atoms with Gasteiger partial charge in [-0.25, -0.2) is 0 Å². The van der Waals surface area contributed by atoms with Crippen LogP contribution >= 0.6 is 15.9 Å². The lowest BCUT2D eigenvalue weighted by Crippen LogP contribution is -2.14. The molecule has 2 aromatic carbocycles. The predicted octanol–water partition coefficient (Wildman–Crippen LogP) is 4.10. The molecule has 21 heavy (non-hydrogen) atoms. The van der Waals surface area contributed by atoms with Gasteiger partial charge in [0, 0.05) is 10.5 Å². The molecule has 0 spiro atoms. The Morgan fingerprint density at radius 3 is 2.67 bits per heavy atom. The fraction of sp³-hybridized carbons (Fsp3) is 0.294. The lowest BCUT2D eigenvalue weighted by molar-refractivity contribution is 0.339. The van der Waals surface area contributed by atoms with Crippen molar-refractivity contribution in [2.45, 2.75) is 19.4 Å². The third kappa shape index (κ3) is 4.22. The number of hydrogen-bond acceptors (Lipinski definition) is 3. The summed E-state index contributed by atoms with van der Waals surface area (Å²) >= 11 is 3.56. The summed E-state index contributed by atoms with van der Waals surface area (Å²) in [4.78, 5) is 0. The van der Waals surface area contributed by atoms with E-state index < -0.39 is 0 Å². The third-order valence-corrected chi connectivity index (χ3v) is 4.06. The summed E-state index contributed by atoms with van der Waals surface area (Å²) in [5.74, 6) is 1.69. The largest absolute Gasteiger partial charge is 0.497 e. The fourth-order valence-electron chi connectivity index (χ4n) is 2.19. The molecule has 1 unspecified atom stereocenters. The van der Waals surface area contributed by atoms with Crippen LogP contribution in [0.15, 0.2) is 46.9 Å². The van der Waals surface area contributed by atoms with Gasteiger partial charge >= 0.3 is 0 Å². The van der Waals surface area contributed by atoms with E-state index in [9.17, 15) is 0 Å². The molecule has 112 valence electrons. The molecule has 3 nitrogen and oxygen atoms in total. The van der Waals surface area contributed by atoms with Crippen molar-refractivity contribution in [2.75, 3.05) is 13.7 Å². The molecule has 0 heterocycles. The molecule has 0 saturated carbocycles. The highest BCUT2D eigenvalue weighted by Gasteiger charge is 2.11. The van der Waals surface area contributed by atoms with Crippen molar-refractivity contribution in [2.24, 2.45) is 5.73 Å². The fourth-order valence-corrected chi connectivity index (χ4v) is 2.60. The minimum atomic E-state index is -0.0891. The lowest BCUT2D eigenvalue weighted by atomic mass is 9.99. The summed E-state index contributed by atoms with van der Waals surface area (Å²) < 4.78 is 11.8. The van der Waals surface area contributed by atoms with Crippen LogP contribution < -0.4 is 15.2 Å². The minimum absolute atomic E-state index is 0.0891. The monoisotopic (exact) mass is 349 g/mol. The van der Waals surface area contributed by atoms with Gasteiger partial charge in [0.25, 0.3) is 0 Å². The van der Waals surface area contributed by atoms with Gasteiger partial charge in [0.2, 0.25) is 0 Å². The maximum absolute atomic E-state index is 6.34. The van der Waals surface area contributed by atoms with Crippen molar-refractivity contribution in [3.63, 3.8) is 0 Å². The summed E-state index contributed by atoms with van der Waals surface area (Å²) in [5, 5.41) is 0. The molecule has 4 heteroatoms. The van der Waals surface area contributed by atoms with E-state index in [1.165, 1.54) is 0 Å². The molecule has 0 aliphatic rings. The molecule has 2 N–H and O–H groups in total. The van der Waals surface area contributed by atoms with Gasteiger partial charge in [0.15, 0.2) is 0 Å². The Bertz CT molecular complexity index is 601. The van der Waals surface area contributed by atoms with Crippen molar-refractivity contribution < 1.29 is 9.47 Å². The number of methoxy groups -OCH3 is 1. The van der Waals surface area contributed by atoms with Gasteiger partial charge in [-0.3, -0.25) is 0 Å². The third-order valence-electron chi connectivity index (χ3n) is 3.29. The Labute approximate surface area is 134 Å². The summed E-state index contributed by atoms with van der Waals surface area (Å²) in [6.45, 7) is 2.63. The van der Waals surface area contributed by atoms with Crippen molar-refractivity contribution >= 4 is 15.9 Å². The summed E-state index contributed by atoms with van der Waals surface area (Å²) in [7, 11) is 1.67. The average Bonchev–Trinajstić information content (AvgIpc) is 2.50. The maximum atomic E-state index is 6.34. The average molecular weight is 350 g/mol. The van der Waals surface area contributed by atoms with Crippen molar-refractivity contribution in [1.29, 1.82) is 0 Å². The Kier molecular flexibility index (Phi) is 5.65. The first-order chi connectivity index (χ1) is 10.1. The highest BCUT2D eigenvalue weighted by atomic mass is 79.9. The van der Waals surface area contributed by atoms with Crippen molar-refractivity contribution in [1.82, 2.24) is 0 Å². The van der Waals surface area contributed by atoms with Crippen LogP contribution in [0.2, 0.25) is 0 Å². The molecule has 0 aliphatic carbocycles. The molecule has 0 aliphatic heterocycles. The second-order valence-electron chi connectivity index (χ2n) is 4.77. The van der Waals surface area contributed by atoms with Crippen LogP contribution in [0, 0.1) is 0 Å². The zero-order chi connectivity index (χ0) is 15.2. The van der Waals surface area contributed by atoms with Crippen LogP contribution in [-0.2, 0) is 6.42 Å². The van der Waals surface area contributed by atoms with E-state index in [2.05, 4.69) is 15.9 Å². The van der Waals surface area contributed by atoms with E-state index in [0.29, 0.717) is 6.61 Å². The summed E-state index contributed by atoms with van der Waals surface area (Å²) in [5.41, 5.74) is 8.53. The van der Waals surface area contributed by atoms with Crippen LogP contribution in [0.3, 0.4) is 0 Å². The molecule has 2 aromatic rings. The number of benzene rings is 2. The van der Waals surface area contributed by atoms with E-state index in [0.717, 1.165) is 33.5 Å². The Balaban J connectivity index is 2.17. The molecule has 1 atom stereocenters. The number of nitrogens with two attached hydrogens (primary N) is 1. The van der Waals surface area contributed by atoms with Crippen LogP contribution in [0.5, 0.6) is 11.5 Å². The first kappa shape index (κ1) is 15.9. The molecule has 0 bridgehead atoms. The number of hydrogen-bond donors (Lipinski definition) is 1. The first-order valence-corrected chi connectivity index (χ1v) is 7.74. The Morgan fingerprint density at radius 2 is 1.95 bits per heavy atom. The van der Waals surface area contributed by atoms with E-state index in [1.54, 1.807) is 7.11 Å². The van der Waals surface area contributed by atoms with Crippen molar-refractivity contribution in [3.8, 4) is 11.5 Å². The van der Waals surface area contributed by atoms with Crippen molar-refractivity contribution in [3.05, 3.63) is 58.1 Å². The SMILES string of the molecule is CCOc1cccc(C(N)Cc2cc(OC)ccc2Br)c1. The van der Waals surface area contributed by atoms with Gasteiger partial charge in [-0.1, -0.05) is 28.1 Å². The van der Waals surface area contributed by atoms with Gasteiger partial charge in [-0.2, -0.15) is 0 Å². The minimum Gasteiger partial charge on any atom is -0.497 e. The Morgan fingerprint density at radius 1 is 1.14 bits per heavy atom. The van der Waals surface area contributed by atoms with Gasteiger partial charge in [-0.15, -0.1) is 0 Å². The summed E-state index contributed by atoms with van der Waals surface area (Å²) in [6, 6.07) is 13.8. The lowest BCUT2D eigenvalue weighted by Gasteiger charge is -2.15. The topological polar surface area (TPSA) is 44.5 Å². The molecular weight excluding hydrogens is 330 g/mol. The van der Waals surface area contributed by atoms with E-state index in [-0.39, 0.29) is 6.04 Å². The summed E-state index contributed by atoms with van der Waals surface area (Å²) in [6.07, 6.45) is 0.730. The van der Waals surface area contributed by atoms with E-state index >= 15 is 0 Å². The van der Waals surface area contributed by atoms with Crippen LogP contribution in [0.25, 0.3) is 0 Å². The number of ether oxygens (including phenoxy) is 2. The van der Waals surface area contributed by atoms with E-state index in [1.807, 2.05) is 49.4 Å². The van der Waals surface area contributed by atoms with Crippen LogP contribution in [0.4, 0.5) is 0 Å². The molecule has 0 amide bonds. The number of halogens is 1. The smallest absolute Gasteiger partial charge is 0.119 e. The molecule has 0 aromatic heterocycles.